The Hall–Kier alpha value is 0.137. The molecule has 3 heteroatoms. The quantitative estimate of drug-likeness (QED) is 0.364. The predicted molar refractivity (Wildman–Crippen MR) is 82.7 cm³/mol. The van der Waals surface area contributed by atoms with E-state index in [1.165, 1.54) is 77.0 Å². The fourth-order valence-electron chi connectivity index (χ4n) is 2.21. The van der Waals surface area contributed by atoms with Gasteiger partial charge in [-0.05, 0) is 6.42 Å². The van der Waals surface area contributed by atoms with E-state index in [1.54, 1.807) is 0 Å². The van der Waals surface area contributed by atoms with E-state index >= 15 is 0 Å². The van der Waals surface area contributed by atoms with E-state index in [9.17, 15) is 0 Å². The third-order valence-corrected chi connectivity index (χ3v) is 3.85. The molecule has 0 fully saturated rings. The first-order chi connectivity index (χ1) is 8.91. The Morgan fingerprint density at radius 1 is 0.722 bits per heavy atom. The molecular formula is C15H34O2Si. The minimum absolute atomic E-state index is 0.637. The van der Waals surface area contributed by atoms with Gasteiger partial charge >= 0.3 is 0 Å². The van der Waals surface area contributed by atoms with Crippen LogP contribution >= 0.6 is 0 Å². The summed E-state index contributed by atoms with van der Waals surface area (Å²) in [6.45, 7) is 3.13. The maximum atomic E-state index is 8.67. The minimum atomic E-state index is -0.870. The predicted octanol–water partition coefficient (Wildman–Crippen LogP) is 3.74. The lowest BCUT2D eigenvalue weighted by Gasteiger charge is -2.03. The van der Waals surface area contributed by atoms with E-state index in [2.05, 4.69) is 6.92 Å². The zero-order valence-corrected chi connectivity index (χ0v) is 13.9. The molecule has 0 unspecified atom stereocenters. The van der Waals surface area contributed by atoms with E-state index in [-0.39, 0.29) is 0 Å². The van der Waals surface area contributed by atoms with Crippen molar-refractivity contribution in [3.8, 4) is 0 Å². The normalized spacial score (nSPS) is 11.7. The fourth-order valence-corrected chi connectivity index (χ4v) is 2.54. The van der Waals surface area contributed by atoms with Crippen molar-refractivity contribution in [1.29, 1.82) is 0 Å². The third-order valence-electron chi connectivity index (χ3n) is 3.38. The molecule has 0 heterocycles. The summed E-state index contributed by atoms with van der Waals surface area (Å²) in [7, 11) is -0.870. The summed E-state index contributed by atoms with van der Waals surface area (Å²) in [6, 6.07) is 0. The van der Waals surface area contributed by atoms with Crippen LogP contribution in [0.25, 0.3) is 0 Å². The third kappa shape index (κ3) is 16.1. The van der Waals surface area contributed by atoms with Gasteiger partial charge in [-0.3, -0.25) is 0 Å². The molecule has 0 aromatic carbocycles. The molecule has 0 saturated heterocycles. The second-order valence-corrected chi connectivity index (χ2v) is 6.08. The van der Waals surface area contributed by atoms with Crippen molar-refractivity contribution in [1.82, 2.24) is 0 Å². The van der Waals surface area contributed by atoms with Crippen LogP contribution in [0.4, 0.5) is 0 Å². The van der Waals surface area contributed by atoms with Crippen LogP contribution in [-0.2, 0) is 4.74 Å². The lowest BCUT2D eigenvalue weighted by atomic mass is 10.1. The van der Waals surface area contributed by atoms with Gasteiger partial charge in [0.25, 0.3) is 0 Å². The van der Waals surface area contributed by atoms with Crippen molar-refractivity contribution in [3.63, 3.8) is 0 Å². The van der Waals surface area contributed by atoms with Gasteiger partial charge in [0.15, 0.2) is 9.76 Å². The molecule has 0 atom stereocenters. The first-order valence-corrected chi connectivity index (χ1v) is 9.73. The van der Waals surface area contributed by atoms with Gasteiger partial charge in [-0.25, -0.2) is 0 Å². The molecule has 0 amide bonds. The first kappa shape index (κ1) is 18.1. The van der Waals surface area contributed by atoms with Gasteiger partial charge in [0.05, 0.1) is 6.23 Å². The second-order valence-electron chi connectivity index (χ2n) is 5.23. The van der Waals surface area contributed by atoms with Crippen molar-refractivity contribution in [2.75, 3.05) is 12.8 Å². The van der Waals surface area contributed by atoms with Crippen LogP contribution in [0, 0.1) is 0 Å². The highest BCUT2D eigenvalue weighted by Crippen LogP contribution is 2.11. The van der Waals surface area contributed by atoms with Crippen LogP contribution < -0.4 is 0 Å². The monoisotopic (exact) mass is 274 g/mol. The second kappa shape index (κ2) is 17.1. The lowest BCUT2D eigenvalue weighted by Crippen LogP contribution is -2.03. The van der Waals surface area contributed by atoms with Crippen LogP contribution in [0.3, 0.4) is 0 Å². The molecular weight excluding hydrogens is 240 g/mol. The van der Waals surface area contributed by atoms with Gasteiger partial charge < -0.3 is 9.53 Å². The Bertz CT molecular complexity index is 126. The summed E-state index contributed by atoms with van der Waals surface area (Å²) in [5.41, 5.74) is 0. The van der Waals surface area contributed by atoms with Crippen LogP contribution in [0.15, 0.2) is 0 Å². The van der Waals surface area contributed by atoms with Gasteiger partial charge in [0.1, 0.15) is 0 Å². The Labute approximate surface area is 116 Å². The maximum absolute atomic E-state index is 8.67. The van der Waals surface area contributed by atoms with E-state index in [1.807, 2.05) is 0 Å². The Morgan fingerprint density at radius 2 is 1.17 bits per heavy atom. The molecule has 0 saturated carbocycles. The van der Waals surface area contributed by atoms with Gasteiger partial charge in [0.2, 0.25) is 0 Å². The molecule has 0 aliphatic carbocycles. The van der Waals surface area contributed by atoms with Crippen LogP contribution in [0.2, 0.25) is 0 Å². The van der Waals surface area contributed by atoms with E-state index in [0.717, 1.165) is 6.61 Å². The first-order valence-electron chi connectivity index (χ1n) is 8.10. The van der Waals surface area contributed by atoms with Crippen molar-refractivity contribution >= 4 is 9.76 Å². The number of unbranched alkanes of at least 4 members (excludes halogenated alkanes) is 11. The number of rotatable bonds is 15. The van der Waals surface area contributed by atoms with Crippen molar-refractivity contribution < 1.29 is 9.53 Å². The number of hydrogen-bond acceptors (Lipinski definition) is 2. The van der Waals surface area contributed by atoms with E-state index in [4.69, 9.17) is 9.53 Å². The summed E-state index contributed by atoms with van der Waals surface area (Å²) in [4.78, 5) is 8.67. The smallest absolute Gasteiger partial charge is 0.182 e. The van der Waals surface area contributed by atoms with Crippen LogP contribution in [0.1, 0.15) is 84.0 Å². The lowest BCUT2D eigenvalue weighted by molar-refractivity contribution is 0.165. The molecule has 0 aromatic rings. The summed E-state index contributed by atoms with van der Waals surface area (Å²) >= 11 is 0. The fraction of sp³-hybridized carbons (Fsp3) is 1.00. The summed E-state index contributed by atoms with van der Waals surface area (Å²) < 4.78 is 5.29. The maximum Gasteiger partial charge on any atom is 0.182 e. The van der Waals surface area contributed by atoms with E-state index < -0.39 is 9.76 Å². The summed E-state index contributed by atoms with van der Waals surface area (Å²) in [6.07, 6.45) is 17.2. The molecule has 0 radical (unpaired) electrons. The molecule has 1 N–H and O–H groups in total. The van der Waals surface area contributed by atoms with Gasteiger partial charge in [0, 0.05) is 6.61 Å². The standard InChI is InChI=1S/C15H34O2Si/c1-2-3-4-5-6-7-8-9-10-11-12-13-14-17-15-18-16/h16H,2-15,18H2,1H3. The molecule has 0 aliphatic rings. The molecule has 0 aliphatic heterocycles. The SMILES string of the molecule is CCCCCCCCCCCCCCOC[SiH2]O. The Morgan fingerprint density at radius 3 is 1.61 bits per heavy atom. The van der Waals surface area contributed by atoms with Crippen molar-refractivity contribution in [2.45, 2.75) is 84.0 Å². The van der Waals surface area contributed by atoms with Crippen LogP contribution in [0.5, 0.6) is 0 Å². The molecule has 0 rings (SSSR count). The van der Waals surface area contributed by atoms with Gasteiger partial charge in [-0.2, -0.15) is 0 Å². The molecule has 110 valence electrons. The van der Waals surface area contributed by atoms with Gasteiger partial charge in [-0.15, -0.1) is 0 Å². The highest BCUT2D eigenvalue weighted by Gasteiger charge is 1.93. The molecule has 0 aromatic heterocycles. The van der Waals surface area contributed by atoms with Crippen molar-refractivity contribution in [3.05, 3.63) is 0 Å². The largest absolute Gasteiger partial charge is 0.436 e. The highest BCUT2D eigenvalue weighted by molar-refractivity contribution is 6.24. The minimum Gasteiger partial charge on any atom is -0.436 e. The molecule has 2 nitrogen and oxygen atoms in total. The summed E-state index contributed by atoms with van der Waals surface area (Å²) in [5.74, 6) is 0. The van der Waals surface area contributed by atoms with Crippen molar-refractivity contribution in [2.24, 2.45) is 0 Å². The number of ether oxygens (including phenoxy) is 1. The van der Waals surface area contributed by atoms with Crippen LogP contribution in [-0.4, -0.2) is 27.4 Å². The van der Waals surface area contributed by atoms with Gasteiger partial charge in [-0.1, -0.05) is 77.6 Å². The highest BCUT2D eigenvalue weighted by atomic mass is 28.2. The zero-order valence-electron chi connectivity index (χ0n) is 12.5. The number of hydrogen-bond donors (Lipinski definition) is 1. The Kier molecular flexibility index (Phi) is 17.3. The topological polar surface area (TPSA) is 29.5 Å². The molecule has 0 bridgehead atoms. The average Bonchev–Trinajstić information content (AvgIpc) is 2.39. The van der Waals surface area contributed by atoms with E-state index in [0.29, 0.717) is 6.23 Å². The Balaban J connectivity index is 2.86. The summed E-state index contributed by atoms with van der Waals surface area (Å²) in [5, 5.41) is 0. The average molecular weight is 275 g/mol. The zero-order chi connectivity index (χ0) is 13.3. The molecule has 18 heavy (non-hydrogen) atoms. The molecule has 0 spiro atoms.